The molecule has 2 aliphatic rings. The number of benzene rings is 2. The second-order valence-electron chi connectivity index (χ2n) is 6.25. The van der Waals surface area contributed by atoms with Crippen molar-refractivity contribution in [2.24, 2.45) is 0 Å². The van der Waals surface area contributed by atoms with Gasteiger partial charge in [-0.2, -0.15) is 0 Å². The molecule has 25 heavy (non-hydrogen) atoms. The molecule has 0 fully saturated rings. The number of fused-ring (bicyclic) bond motifs is 2. The van der Waals surface area contributed by atoms with E-state index in [1.165, 1.54) is 12.1 Å². The third-order valence-electron chi connectivity index (χ3n) is 4.63. The standard InChI is InChI=1S/C18H18FNO4S/c1-11-8-13(19)2-3-17(11)25(21,22)20-10-15-14-5-7-23-16(14)9-12-4-6-24-18(12)15/h2-3,8-9,20H,4-7,10H2,1H3. The van der Waals surface area contributed by atoms with Gasteiger partial charge >= 0.3 is 0 Å². The smallest absolute Gasteiger partial charge is 0.241 e. The van der Waals surface area contributed by atoms with Crippen LogP contribution in [0.15, 0.2) is 29.2 Å². The van der Waals surface area contributed by atoms with Crippen LogP contribution in [0.3, 0.4) is 0 Å². The van der Waals surface area contributed by atoms with Gasteiger partial charge in [0.1, 0.15) is 17.3 Å². The van der Waals surface area contributed by atoms with Crippen LogP contribution in [0, 0.1) is 12.7 Å². The van der Waals surface area contributed by atoms with E-state index in [4.69, 9.17) is 9.47 Å². The van der Waals surface area contributed by atoms with Gasteiger partial charge in [-0.25, -0.2) is 17.5 Å². The number of halogens is 1. The van der Waals surface area contributed by atoms with Gasteiger partial charge in [-0.3, -0.25) is 0 Å². The van der Waals surface area contributed by atoms with Gasteiger partial charge in [0.15, 0.2) is 0 Å². The number of nitrogens with one attached hydrogen (secondary N) is 1. The van der Waals surface area contributed by atoms with Gasteiger partial charge in [-0.05, 0) is 36.8 Å². The molecule has 4 rings (SSSR count). The largest absolute Gasteiger partial charge is 0.493 e. The Morgan fingerprint density at radius 3 is 2.76 bits per heavy atom. The molecule has 0 atom stereocenters. The summed E-state index contributed by atoms with van der Waals surface area (Å²) in [6, 6.07) is 5.64. The van der Waals surface area contributed by atoms with Crippen LogP contribution in [-0.2, 0) is 29.4 Å². The van der Waals surface area contributed by atoms with Crippen molar-refractivity contribution >= 4 is 10.0 Å². The molecule has 2 heterocycles. The molecule has 1 N–H and O–H groups in total. The first-order valence-electron chi connectivity index (χ1n) is 8.15. The maximum absolute atomic E-state index is 13.2. The monoisotopic (exact) mass is 363 g/mol. The maximum Gasteiger partial charge on any atom is 0.241 e. The fourth-order valence-electron chi connectivity index (χ4n) is 3.43. The molecule has 0 saturated carbocycles. The Hall–Kier alpha value is -2.12. The lowest BCUT2D eigenvalue weighted by molar-refractivity contribution is 0.352. The van der Waals surface area contributed by atoms with Gasteiger partial charge in [0.05, 0.1) is 18.1 Å². The van der Waals surface area contributed by atoms with Crippen LogP contribution in [0.1, 0.15) is 22.3 Å². The fourth-order valence-corrected chi connectivity index (χ4v) is 4.65. The molecule has 132 valence electrons. The lowest BCUT2D eigenvalue weighted by atomic mass is 10.00. The van der Waals surface area contributed by atoms with Crippen molar-refractivity contribution in [1.82, 2.24) is 4.72 Å². The van der Waals surface area contributed by atoms with Crippen LogP contribution < -0.4 is 14.2 Å². The highest BCUT2D eigenvalue weighted by atomic mass is 32.2. The summed E-state index contributed by atoms with van der Waals surface area (Å²) in [6.07, 6.45) is 1.53. The number of aryl methyl sites for hydroxylation is 1. The predicted molar refractivity (Wildman–Crippen MR) is 90.0 cm³/mol. The van der Waals surface area contributed by atoms with Crippen molar-refractivity contribution in [3.8, 4) is 11.5 Å². The van der Waals surface area contributed by atoms with Crippen molar-refractivity contribution in [1.29, 1.82) is 0 Å². The Kier molecular flexibility index (Phi) is 3.92. The first-order chi connectivity index (χ1) is 12.0. The summed E-state index contributed by atoms with van der Waals surface area (Å²) in [4.78, 5) is 0.0790. The zero-order chi connectivity index (χ0) is 17.6. The Balaban J connectivity index is 1.66. The molecule has 7 heteroatoms. The summed E-state index contributed by atoms with van der Waals surface area (Å²) in [5, 5.41) is 0. The van der Waals surface area contributed by atoms with E-state index in [0.29, 0.717) is 18.8 Å². The molecule has 2 aliphatic heterocycles. The lowest BCUT2D eigenvalue weighted by Crippen LogP contribution is -2.25. The summed E-state index contributed by atoms with van der Waals surface area (Å²) >= 11 is 0. The molecule has 0 radical (unpaired) electrons. The molecule has 0 aliphatic carbocycles. The molecule has 0 unspecified atom stereocenters. The third kappa shape index (κ3) is 2.87. The normalized spacial score (nSPS) is 15.4. The second kappa shape index (κ2) is 6.00. The van der Waals surface area contributed by atoms with Crippen LogP contribution in [0.25, 0.3) is 0 Å². The van der Waals surface area contributed by atoms with Crippen molar-refractivity contribution in [2.75, 3.05) is 13.2 Å². The Morgan fingerprint density at radius 2 is 1.96 bits per heavy atom. The number of hydrogen-bond acceptors (Lipinski definition) is 4. The first kappa shape index (κ1) is 16.4. The van der Waals surface area contributed by atoms with Gasteiger partial charge < -0.3 is 9.47 Å². The highest BCUT2D eigenvalue weighted by Crippen LogP contribution is 2.40. The van der Waals surface area contributed by atoms with Crippen molar-refractivity contribution in [3.63, 3.8) is 0 Å². The predicted octanol–water partition coefficient (Wildman–Crippen LogP) is 2.48. The minimum Gasteiger partial charge on any atom is -0.493 e. The maximum atomic E-state index is 13.2. The highest BCUT2D eigenvalue weighted by molar-refractivity contribution is 7.89. The van der Waals surface area contributed by atoms with E-state index < -0.39 is 15.8 Å². The molecule has 5 nitrogen and oxygen atoms in total. The molecule has 0 amide bonds. The van der Waals surface area contributed by atoms with Crippen LogP contribution in [0.4, 0.5) is 4.39 Å². The van der Waals surface area contributed by atoms with E-state index in [2.05, 4.69) is 4.72 Å². The quantitative estimate of drug-likeness (QED) is 0.906. The van der Waals surface area contributed by atoms with Crippen LogP contribution in [0.2, 0.25) is 0 Å². The average molecular weight is 363 g/mol. The van der Waals surface area contributed by atoms with E-state index in [1.807, 2.05) is 6.07 Å². The number of hydrogen-bond donors (Lipinski definition) is 1. The van der Waals surface area contributed by atoms with Crippen molar-refractivity contribution in [3.05, 3.63) is 52.3 Å². The second-order valence-corrected chi connectivity index (χ2v) is 7.99. The van der Waals surface area contributed by atoms with Gasteiger partial charge in [0, 0.05) is 36.1 Å². The third-order valence-corrected chi connectivity index (χ3v) is 6.19. The van der Waals surface area contributed by atoms with Crippen LogP contribution in [0.5, 0.6) is 11.5 Å². The van der Waals surface area contributed by atoms with E-state index >= 15 is 0 Å². The van der Waals surface area contributed by atoms with Crippen molar-refractivity contribution in [2.45, 2.75) is 31.2 Å². The van der Waals surface area contributed by atoms with E-state index in [9.17, 15) is 12.8 Å². The number of rotatable bonds is 4. The average Bonchev–Trinajstić information content (AvgIpc) is 3.19. The molecule has 2 aromatic carbocycles. The van der Waals surface area contributed by atoms with Gasteiger partial charge in [-0.1, -0.05) is 0 Å². The summed E-state index contributed by atoms with van der Waals surface area (Å²) in [7, 11) is -3.75. The zero-order valence-corrected chi connectivity index (χ0v) is 14.6. The highest BCUT2D eigenvalue weighted by Gasteiger charge is 2.27. The number of sulfonamides is 1. The summed E-state index contributed by atoms with van der Waals surface area (Å²) in [6.45, 7) is 2.88. The van der Waals surface area contributed by atoms with Crippen LogP contribution >= 0.6 is 0 Å². The van der Waals surface area contributed by atoms with E-state index in [0.717, 1.165) is 47.1 Å². The molecule has 0 bridgehead atoms. The fraction of sp³-hybridized carbons (Fsp3) is 0.333. The molecule has 0 aromatic heterocycles. The molecular formula is C18H18FNO4S. The van der Waals surface area contributed by atoms with Crippen LogP contribution in [-0.4, -0.2) is 21.6 Å². The first-order valence-corrected chi connectivity index (χ1v) is 9.63. The lowest BCUT2D eigenvalue weighted by Gasteiger charge is -2.14. The van der Waals surface area contributed by atoms with Crippen molar-refractivity contribution < 1.29 is 22.3 Å². The molecule has 0 spiro atoms. The van der Waals surface area contributed by atoms with Gasteiger partial charge in [0.2, 0.25) is 10.0 Å². The summed E-state index contributed by atoms with van der Waals surface area (Å²) in [5.41, 5.74) is 3.26. The minimum absolute atomic E-state index is 0.0790. The minimum atomic E-state index is -3.75. The SMILES string of the molecule is Cc1cc(F)ccc1S(=O)(=O)NCc1c2c(cc3c1OCC3)OCC2. The summed E-state index contributed by atoms with van der Waals surface area (Å²) in [5.74, 6) is 1.12. The molecule has 2 aromatic rings. The Bertz CT molecular complexity index is 924. The Morgan fingerprint density at radius 1 is 1.16 bits per heavy atom. The number of ether oxygens (including phenoxy) is 2. The summed E-state index contributed by atoms with van der Waals surface area (Å²) < 4.78 is 52.5. The van der Waals surface area contributed by atoms with E-state index in [-0.39, 0.29) is 11.4 Å². The molecular weight excluding hydrogens is 345 g/mol. The Labute approximate surface area is 145 Å². The molecule has 0 saturated heterocycles. The van der Waals surface area contributed by atoms with Gasteiger partial charge in [-0.15, -0.1) is 0 Å². The van der Waals surface area contributed by atoms with Gasteiger partial charge in [0.25, 0.3) is 0 Å². The topological polar surface area (TPSA) is 64.6 Å². The zero-order valence-electron chi connectivity index (χ0n) is 13.8. The van der Waals surface area contributed by atoms with E-state index in [1.54, 1.807) is 6.92 Å².